The second-order valence-electron chi connectivity index (χ2n) is 13.2. The van der Waals surface area contributed by atoms with Gasteiger partial charge in [0.1, 0.15) is 12.1 Å². The van der Waals surface area contributed by atoms with Crippen molar-refractivity contribution in [2.75, 3.05) is 18.6 Å². The van der Waals surface area contributed by atoms with Crippen LogP contribution >= 0.6 is 11.8 Å². The number of amides is 5. The molecule has 218 valence electrons. The van der Waals surface area contributed by atoms with Crippen LogP contribution in [0.1, 0.15) is 78.6 Å². The number of carbonyl (C=O) groups excluding carboxylic acids is 5. The van der Waals surface area contributed by atoms with Crippen LogP contribution in [0.5, 0.6) is 0 Å². The van der Waals surface area contributed by atoms with Gasteiger partial charge in [0.25, 0.3) is 5.91 Å². The van der Waals surface area contributed by atoms with Gasteiger partial charge in [-0.1, -0.05) is 52.9 Å². The summed E-state index contributed by atoms with van der Waals surface area (Å²) in [7, 11) is 0. The number of primary amides is 1. The fourth-order valence-corrected chi connectivity index (χ4v) is 7.32. The smallest absolute Gasteiger partial charge is 0.315 e. The molecule has 4 aliphatic rings. The predicted octanol–water partition coefficient (Wildman–Crippen LogP) is 1.95. The molecule has 39 heavy (non-hydrogen) atoms. The quantitative estimate of drug-likeness (QED) is 0.282. The SMILES string of the molecule is CSCC1(NC(=O)NC(C(=O)N2CC3CC3C2C(=O)NC(CC2CC2)C(=O)C(N)=O)C(C)(C)C)CCCCC1. The highest BCUT2D eigenvalue weighted by Crippen LogP contribution is 2.50. The molecule has 0 aromatic heterocycles. The minimum atomic E-state index is -1.06. The number of likely N-dealkylation sites (tertiary alicyclic amines) is 1. The average Bonchev–Trinajstić information content (AvgIpc) is 3.79. The second-order valence-corrected chi connectivity index (χ2v) is 14.1. The zero-order chi connectivity index (χ0) is 28.5. The molecule has 0 aromatic rings. The highest BCUT2D eigenvalue weighted by atomic mass is 32.2. The standard InChI is InChI=1S/C28H45N5O5S/c1-27(2,3)22(31-26(38)32-28(15-39-4)10-6-5-7-11-28)25(37)33-14-17-13-18(17)20(33)24(36)30-19(12-16-8-9-16)21(34)23(29)35/h16-20,22H,5-15H2,1-4H3,(H2,29,35)(H,30,36)(H2,31,32,38). The number of thioether (sulfide) groups is 1. The second kappa shape index (κ2) is 11.7. The topological polar surface area (TPSA) is 151 Å². The Bertz CT molecular complexity index is 982. The van der Waals surface area contributed by atoms with Crippen LogP contribution in [0.15, 0.2) is 0 Å². The predicted molar refractivity (Wildman–Crippen MR) is 150 cm³/mol. The maximum Gasteiger partial charge on any atom is 0.315 e. The molecule has 1 saturated heterocycles. The van der Waals surface area contributed by atoms with E-state index in [2.05, 4.69) is 16.0 Å². The van der Waals surface area contributed by atoms with Crippen LogP contribution < -0.4 is 21.7 Å². The highest BCUT2D eigenvalue weighted by Gasteiger charge is 2.58. The van der Waals surface area contributed by atoms with Gasteiger partial charge in [-0.25, -0.2) is 4.79 Å². The van der Waals surface area contributed by atoms with E-state index in [1.165, 1.54) is 0 Å². The number of Topliss-reactive ketones (excluding diaryl/α,β-unsaturated/α-hetero) is 1. The first kappa shape index (κ1) is 29.7. The Morgan fingerprint density at radius 1 is 1.05 bits per heavy atom. The normalized spacial score (nSPS) is 27.1. The fraction of sp³-hybridized carbons (Fsp3) is 0.821. The third kappa shape index (κ3) is 7.08. The maximum atomic E-state index is 14.0. The lowest BCUT2D eigenvalue weighted by atomic mass is 9.83. The molecule has 3 aliphatic carbocycles. The molecule has 0 bridgehead atoms. The Labute approximate surface area is 235 Å². The van der Waals surface area contributed by atoms with Gasteiger partial charge in [-0.3, -0.25) is 19.2 Å². The molecule has 0 aromatic carbocycles. The Hall–Kier alpha value is -2.30. The molecule has 1 aliphatic heterocycles. The van der Waals surface area contributed by atoms with Crippen molar-refractivity contribution in [3.63, 3.8) is 0 Å². The van der Waals surface area contributed by atoms with E-state index in [4.69, 9.17) is 5.73 Å². The summed E-state index contributed by atoms with van der Waals surface area (Å²) >= 11 is 1.71. The van der Waals surface area contributed by atoms with Crippen molar-refractivity contribution in [1.29, 1.82) is 0 Å². The number of nitrogens with two attached hydrogens (primary N) is 1. The van der Waals surface area contributed by atoms with Crippen molar-refractivity contribution in [1.82, 2.24) is 20.9 Å². The number of hydrogen-bond donors (Lipinski definition) is 4. The first-order valence-corrected chi connectivity index (χ1v) is 15.8. The van der Waals surface area contributed by atoms with Crippen molar-refractivity contribution < 1.29 is 24.0 Å². The Balaban J connectivity index is 1.47. The van der Waals surface area contributed by atoms with E-state index in [0.29, 0.717) is 18.9 Å². The Kier molecular flexibility index (Phi) is 8.88. The number of urea groups is 1. The minimum Gasteiger partial charge on any atom is -0.363 e. The summed E-state index contributed by atoms with van der Waals surface area (Å²) in [5.41, 5.74) is 4.37. The largest absolute Gasteiger partial charge is 0.363 e. The lowest BCUT2D eigenvalue weighted by Crippen LogP contribution is -2.63. The fourth-order valence-electron chi connectivity index (χ4n) is 6.41. The van der Waals surface area contributed by atoms with E-state index in [1.807, 2.05) is 27.0 Å². The summed E-state index contributed by atoms with van der Waals surface area (Å²) in [4.78, 5) is 66.4. The lowest BCUT2D eigenvalue weighted by molar-refractivity contribution is -0.144. The molecule has 10 nitrogen and oxygen atoms in total. The monoisotopic (exact) mass is 563 g/mol. The van der Waals surface area contributed by atoms with Crippen LogP contribution in [0.3, 0.4) is 0 Å². The molecule has 1 heterocycles. The molecule has 4 fully saturated rings. The van der Waals surface area contributed by atoms with Gasteiger partial charge in [-0.15, -0.1) is 0 Å². The van der Waals surface area contributed by atoms with Crippen molar-refractivity contribution in [3.05, 3.63) is 0 Å². The summed E-state index contributed by atoms with van der Waals surface area (Å²) in [5, 5.41) is 8.93. The van der Waals surface area contributed by atoms with E-state index in [-0.39, 0.29) is 29.3 Å². The highest BCUT2D eigenvalue weighted by molar-refractivity contribution is 7.98. The molecular formula is C28H45N5O5S. The number of rotatable bonds is 11. The van der Waals surface area contributed by atoms with Crippen LogP contribution in [-0.2, 0) is 19.2 Å². The first-order valence-electron chi connectivity index (χ1n) is 14.4. The van der Waals surface area contributed by atoms with Crippen molar-refractivity contribution in [2.45, 2.75) is 102 Å². The van der Waals surface area contributed by atoms with E-state index in [1.54, 1.807) is 16.7 Å². The number of carbonyl (C=O) groups is 5. The van der Waals surface area contributed by atoms with Gasteiger partial charge in [0.2, 0.25) is 17.6 Å². The third-order valence-electron chi connectivity index (χ3n) is 8.84. The molecule has 5 atom stereocenters. The van der Waals surface area contributed by atoms with Crippen LogP contribution in [-0.4, -0.2) is 76.7 Å². The minimum absolute atomic E-state index is 0.0146. The molecule has 5 amide bonds. The van der Waals surface area contributed by atoms with E-state index < -0.39 is 41.1 Å². The van der Waals surface area contributed by atoms with Crippen LogP contribution in [0.2, 0.25) is 0 Å². The van der Waals surface area contributed by atoms with Gasteiger partial charge < -0.3 is 26.6 Å². The third-order valence-corrected chi connectivity index (χ3v) is 9.68. The number of piperidine rings is 1. The summed E-state index contributed by atoms with van der Waals surface area (Å²) in [6.45, 7) is 6.14. The number of nitrogens with zero attached hydrogens (tertiary/aromatic N) is 1. The first-order chi connectivity index (χ1) is 18.3. The van der Waals surface area contributed by atoms with Gasteiger partial charge in [0, 0.05) is 12.3 Å². The van der Waals surface area contributed by atoms with Gasteiger partial charge in [0.05, 0.1) is 11.6 Å². The number of ketones is 1. The Morgan fingerprint density at radius 3 is 2.28 bits per heavy atom. The summed E-state index contributed by atoms with van der Waals surface area (Å²) in [6.07, 6.45) is 10.3. The van der Waals surface area contributed by atoms with Gasteiger partial charge in [-0.2, -0.15) is 11.8 Å². The van der Waals surface area contributed by atoms with Gasteiger partial charge in [-0.05, 0) is 55.1 Å². The summed E-state index contributed by atoms with van der Waals surface area (Å²) < 4.78 is 0. The van der Waals surface area contributed by atoms with Crippen molar-refractivity contribution >= 4 is 41.3 Å². The molecule has 3 saturated carbocycles. The summed E-state index contributed by atoms with van der Waals surface area (Å²) in [5.74, 6) is -1.24. The van der Waals surface area contributed by atoms with E-state index >= 15 is 0 Å². The number of hydrogen-bond acceptors (Lipinski definition) is 6. The molecule has 0 radical (unpaired) electrons. The number of nitrogens with one attached hydrogen (secondary N) is 3. The molecule has 0 spiro atoms. The summed E-state index contributed by atoms with van der Waals surface area (Å²) in [6, 6.07) is -2.90. The van der Waals surface area contributed by atoms with Crippen molar-refractivity contribution in [2.24, 2.45) is 28.9 Å². The zero-order valence-corrected chi connectivity index (χ0v) is 24.5. The number of fused-ring (bicyclic) bond motifs is 1. The molecular weight excluding hydrogens is 518 g/mol. The maximum absolute atomic E-state index is 14.0. The van der Waals surface area contributed by atoms with Crippen LogP contribution in [0, 0.1) is 23.2 Å². The lowest BCUT2D eigenvalue weighted by Gasteiger charge is -2.40. The molecule has 11 heteroatoms. The van der Waals surface area contributed by atoms with E-state index in [0.717, 1.165) is 57.1 Å². The zero-order valence-electron chi connectivity index (χ0n) is 23.7. The van der Waals surface area contributed by atoms with E-state index in [9.17, 15) is 24.0 Å². The molecule has 5 N–H and O–H groups in total. The van der Waals surface area contributed by atoms with Crippen molar-refractivity contribution in [3.8, 4) is 0 Å². The van der Waals surface area contributed by atoms with Crippen LogP contribution in [0.4, 0.5) is 4.79 Å². The molecule has 4 rings (SSSR count). The van der Waals surface area contributed by atoms with Gasteiger partial charge in [0.15, 0.2) is 0 Å². The van der Waals surface area contributed by atoms with Gasteiger partial charge >= 0.3 is 6.03 Å². The molecule has 5 unspecified atom stereocenters. The average molecular weight is 564 g/mol. The Morgan fingerprint density at radius 2 is 1.72 bits per heavy atom. The van der Waals surface area contributed by atoms with Crippen LogP contribution in [0.25, 0.3) is 0 Å².